The zero-order chi connectivity index (χ0) is 18.7. The summed E-state index contributed by atoms with van der Waals surface area (Å²) in [6.07, 6.45) is 14.9. The van der Waals surface area contributed by atoms with Crippen LogP contribution in [0.5, 0.6) is 0 Å². The summed E-state index contributed by atoms with van der Waals surface area (Å²) < 4.78 is 0. The minimum absolute atomic E-state index is 0.133. The van der Waals surface area contributed by atoms with Crippen LogP contribution in [-0.2, 0) is 17.6 Å². The average Bonchev–Trinajstić information content (AvgIpc) is 2.99. The molecule has 1 aromatic rings. The molecule has 1 saturated carbocycles. The highest BCUT2D eigenvalue weighted by Crippen LogP contribution is 2.50. The molecule has 0 aromatic carbocycles. The Morgan fingerprint density at radius 1 is 1.30 bits per heavy atom. The Morgan fingerprint density at radius 3 is 3.00 bits per heavy atom. The summed E-state index contributed by atoms with van der Waals surface area (Å²) in [4.78, 5) is 24.9. The maximum absolute atomic E-state index is 13.1. The molecule has 1 aliphatic heterocycles. The number of piperidine rings is 1. The lowest BCUT2D eigenvalue weighted by Crippen LogP contribution is -2.34. The largest absolute Gasteiger partial charge is 0.303 e. The maximum Gasteiger partial charge on any atom is 0.145 e. The number of hydrogen-bond acceptors (Lipinski definition) is 4. The highest BCUT2D eigenvalue weighted by atomic mass is 16.1. The Balaban J connectivity index is 1.32. The number of carbonyl (C=O) groups is 1. The van der Waals surface area contributed by atoms with Gasteiger partial charge in [0.15, 0.2) is 0 Å². The van der Waals surface area contributed by atoms with Gasteiger partial charge in [-0.3, -0.25) is 4.79 Å². The fourth-order valence-electron chi connectivity index (χ4n) is 5.40. The van der Waals surface area contributed by atoms with Gasteiger partial charge in [-0.1, -0.05) is 25.0 Å². The first kappa shape index (κ1) is 18.8. The number of aromatic nitrogens is 2. The molecule has 27 heavy (non-hydrogen) atoms. The van der Waals surface area contributed by atoms with Crippen molar-refractivity contribution in [2.45, 2.75) is 71.1 Å². The van der Waals surface area contributed by atoms with Crippen LogP contribution >= 0.6 is 0 Å². The number of Topliss-reactive ketones (excluding diaryl/α,β-unsaturated/α-hetero) is 1. The predicted octanol–water partition coefficient (Wildman–Crippen LogP) is 4.14. The van der Waals surface area contributed by atoms with Crippen LogP contribution in [0.1, 0.15) is 69.8 Å². The van der Waals surface area contributed by atoms with Gasteiger partial charge >= 0.3 is 0 Å². The molecule has 3 aliphatic rings. The topological polar surface area (TPSA) is 46.1 Å². The lowest BCUT2D eigenvalue weighted by atomic mass is 9.68. The second-order valence-corrected chi connectivity index (χ2v) is 9.11. The minimum atomic E-state index is -0.133. The van der Waals surface area contributed by atoms with Crippen LogP contribution in [0.15, 0.2) is 23.9 Å². The fraction of sp³-hybridized carbons (Fsp3) is 0.696. The van der Waals surface area contributed by atoms with E-state index in [9.17, 15) is 4.79 Å². The highest BCUT2D eigenvalue weighted by Gasteiger charge is 2.45. The third-order valence-electron chi connectivity index (χ3n) is 6.72. The molecule has 2 atom stereocenters. The summed E-state index contributed by atoms with van der Waals surface area (Å²) in [5.74, 6) is 1.92. The predicted molar refractivity (Wildman–Crippen MR) is 108 cm³/mol. The van der Waals surface area contributed by atoms with Crippen LogP contribution in [0, 0.1) is 11.3 Å². The van der Waals surface area contributed by atoms with E-state index in [1.165, 1.54) is 44.3 Å². The molecule has 0 amide bonds. The first-order valence-corrected chi connectivity index (χ1v) is 10.9. The van der Waals surface area contributed by atoms with Crippen LogP contribution in [0.2, 0.25) is 0 Å². The van der Waals surface area contributed by atoms with Gasteiger partial charge in [-0.25, -0.2) is 9.97 Å². The second-order valence-electron chi connectivity index (χ2n) is 9.11. The molecule has 4 rings (SSSR count). The third-order valence-corrected chi connectivity index (χ3v) is 6.72. The molecule has 2 unspecified atom stereocenters. The first-order chi connectivity index (χ1) is 13.1. The van der Waals surface area contributed by atoms with E-state index in [4.69, 9.17) is 4.98 Å². The van der Waals surface area contributed by atoms with E-state index < -0.39 is 0 Å². The number of aryl methyl sites for hydroxylation is 1. The molecule has 2 aliphatic carbocycles. The number of likely N-dealkylation sites (tertiary alicyclic amines) is 1. The molecule has 2 bridgehead atoms. The van der Waals surface area contributed by atoms with E-state index in [0.29, 0.717) is 18.1 Å². The van der Waals surface area contributed by atoms with E-state index in [0.717, 1.165) is 50.2 Å². The SMILES string of the molecule is CC1CC2=CCC(C(=O)Cc3ccnc(CCCN4CCCCC4)n3)(C2)C1. The molecule has 4 heteroatoms. The van der Waals surface area contributed by atoms with E-state index in [-0.39, 0.29) is 5.41 Å². The van der Waals surface area contributed by atoms with Crippen molar-refractivity contribution < 1.29 is 4.79 Å². The van der Waals surface area contributed by atoms with Gasteiger partial charge in [-0.15, -0.1) is 0 Å². The summed E-state index contributed by atoms with van der Waals surface area (Å²) in [6, 6.07) is 1.93. The van der Waals surface area contributed by atoms with Crippen LogP contribution in [0.3, 0.4) is 0 Å². The minimum Gasteiger partial charge on any atom is -0.303 e. The standard InChI is InChI=1S/C23H33N3O/c1-18-14-19-7-9-23(16-18,17-19)21(27)15-20-8-10-24-22(25-20)6-5-13-26-11-3-2-4-12-26/h7-8,10,18H,2-6,9,11-17H2,1H3. The highest BCUT2D eigenvalue weighted by molar-refractivity contribution is 5.87. The number of rotatable bonds is 7. The molecule has 4 nitrogen and oxygen atoms in total. The van der Waals surface area contributed by atoms with Crippen molar-refractivity contribution in [3.63, 3.8) is 0 Å². The molecule has 1 aromatic heterocycles. The number of fused-ring (bicyclic) bond motifs is 2. The Labute approximate surface area is 163 Å². The smallest absolute Gasteiger partial charge is 0.145 e. The number of carbonyl (C=O) groups excluding carboxylic acids is 1. The summed E-state index contributed by atoms with van der Waals surface area (Å²) in [7, 11) is 0. The number of nitrogens with zero attached hydrogens (tertiary/aromatic N) is 3. The monoisotopic (exact) mass is 367 g/mol. The molecule has 0 N–H and O–H groups in total. The van der Waals surface area contributed by atoms with Crippen molar-refractivity contribution in [2.24, 2.45) is 11.3 Å². The van der Waals surface area contributed by atoms with Crippen molar-refractivity contribution in [1.82, 2.24) is 14.9 Å². The Hall–Kier alpha value is -1.55. The van der Waals surface area contributed by atoms with Crippen LogP contribution in [0.4, 0.5) is 0 Å². The van der Waals surface area contributed by atoms with Crippen LogP contribution in [-0.4, -0.2) is 40.3 Å². The van der Waals surface area contributed by atoms with E-state index in [2.05, 4.69) is 22.9 Å². The molecule has 1 saturated heterocycles. The second kappa shape index (κ2) is 8.22. The lowest BCUT2D eigenvalue weighted by molar-refractivity contribution is -0.129. The summed E-state index contributed by atoms with van der Waals surface area (Å²) in [5, 5.41) is 0. The van der Waals surface area contributed by atoms with Gasteiger partial charge in [0.05, 0.1) is 5.69 Å². The molecule has 2 fully saturated rings. The van der Waals surface area contributed by atoms with Crippen molar-refractivity contribution >= 4 is 5.78 Å². The Morgan fingerprint density at radius 2 is 2.15 bits per heavy atom. The van der Waals surface area contributed by atoms with Crippen molar-refractivity contribution in [2.75, 3.05) is 19.6 Å². The van der Waals surface area contributed by atoms with Gasteiger partial charge in [0.1, 0.15) is 11.6 Å². The normalized spacial score (nSPS) is 28.2. The molecule has 0 spiro atoms. The third kappa shape index (κ3) is 4.48. The number of hydrogen-bond donors (Lipinski definition) is 0. The van der Waals surface area contributed by atoms with E-state index in [1.807, 2.05) is 12.3 Å². The molecular weight excluding hydrogens is 334 g/mol. The summed E-state index contributed by atoms with van der Waals surface area (Å²) in [6.45, 7) is 5.91. The van der Waals surface area contributed by atoms with E-state index >= 15 is 0 Å². The van der Waals surface area contributed by atoms with E-state index in [1.54, 1.807) is 0 Å². The van der Waals surface area contributed by atoms with Gasteiger partial charge in [0, 0.05) is 24.5 Å². The molecule has 2 heterocycles. The van der Waals surface area contributed by atoms with Gasteiger partial charge in [-0.05, 0) is 76.6 Å². The molecular formula is C23H33N3O. The van der Waals surface area contributed by atoms with Gasteiger partial charge in [-0.2, -0.15) is 0 Å². The zero-order valence-electron chi connectivity index (χ0n) is 16.8. The van der Waals surface area contributed by atoms with Crippen LogP contribution in [0.25, 0.3) is 0 Å². The van der Waals surface area contributed by atoms with Crippen molar-refractivity contribution in [3.05, 3.63) is 35.4 Å². The fourth-order valence-corrected chi connectivity index (χ4v) is 5.40. The number of allylic oxidation sites excluding steroid dienone is 2. The van der Waals surface area contributed by atoms with Gasteiger partial charge in [0.25, 0.3) is 0 Å². The first-order valence-electron chi connectivity index (χ1n) is 10.9. The van der Waals surface area contributed by atoms with Crippen molar-refractivity contribution in [1.29, 1.82) is 0 Å². The Bertz CT molecular complexity index is 707. The quantitative estimate of drug-likeness (QED) is 0.680. The lowest BCUT2D eigenvalue weighted by Gasteiger charge is -2.35. The molecule has 146 valence electrons. The van der Waals surface area contributed by atoms with Gasteiger partial charge < -0.3 is 4.90 Å². The van der Waals surface area contributed by atoms with Crippen LogP contribution < -0.4 is 0 Å². The zero-order valence-corrected chi connectivity index (χ0v) is 16.8. The average molecular weight is 368 g/mol. The van der Waals surface area contributed by atoms with Gasteiger partial charge in [0.2, 0.25) is 0 Å². The summed E-state index contributed by atoms with van der Waals surface area (Å²) in [5.41, 5.74) is 2.28. The maximum atomic E-state index is 13.1. The molecule has 0 radical (unpaired) electrons. The van der Waals surface area contributed by atoms with Crippen molar-refractivity contribution in [3.8, 4) is 0 Å². The summed E-state index contributed by atoms with van der Waals surface area (Å²) >= 11 is 0. The Kier molecular flexibility index (Phi) is 5.72. The number of ketones is 1.